The number of carbonyl (C=O) groups is 1. The van der Waals surface area contributed by atoms with E-state index in [2.05, 4.69) is 10.6 Å². The summed E-state index contributed by atoms with van der Waals surface area (Å²) in [7, 11) is 0. The highest BCUT2D eigenvalue weighted by molar-refractivity contribution is 5.80. The van der Waals surface area contributed by atoms with Crippen LogP contribution in [0.3, 0.4) is 0 Å². The van der Waals surface area contributed by atoms with Crippen molar-refractivity contribution in [1.29, 1.82) is 0 Å². The third-order valence-electron chi connectivity index (χ3n) is 2.57. The lowest BCUT2D eigenvalue weighted by molar-refractivity contribution is -0.120. The second-order valence-corrected chi connectivity index (χ2v) is 4.02. The molecule has 0 spiro atoms. The molecular weight excluding hydrogens is 228 g/mol. The smallest absolute Gasteiger partial charge is 0.239 e. The van der Waals surface area contributed by atoms with Crippen molar-refractivity contribution in [3.63, 3.8) is 0 Å². The van der Waals surface area contributed by atoms with E-state index in [4.69, 9.17) is 4.42 Å². The topological polar surface area (TPSA) is 54.3 Å². The van der Waals surface area contributed by atoms with Gasteiger partial charge >= 0.3 is 0 Å². The summed E-state index contributed by atoms with van der Waals surface area (Å²) in [4.78, 5) is 11.7. The number of hydrogen-bond donors (Lipinski definition) is 2. The second-order valence-electron chi connectivity index (χ2n) is 4.02. The zero-order valence-corrected chi connectivity index (χ0v) is 10.2. The van der Waals surface area contributed by atoms with Crippen molar-refractivity contribution < 1.29 is 9.21 Å². The van der Waals surface area contributed by atoms with Crippen LogP contribution in [0.2, 0.25) is 0 Å². The normalized spacial score (nSPS) is 11.8. The Kier molecular flexibility index (Phi) is 4.02. The van der Waals surface area contributed by atoms with Crippen LogP contribution in [-0.4, -0.2) is 12.5 Å². The number of anilines is 1. The molecule has 0 saturated carbocycles. The molecule has 1 heterocycles. The molecule has 0 unspecified atom stereocenters. The fourth-order valence-electron chi connectivity index (χ4n) is 1.64. The highest BCUT2D eigenvalue weighted by Gasteiger charge is 2.11. The van der Waals surface area contributed by atoms with E-state index in [9.17, 15) is 4.79 Å². The minimum absolute atomic E-state index is 0.0669. The molecule has 2 N–H and O–H groups in total. The average molecular weight is 244 g/mol. The molecule has 0 saturated heterocycles. The fourth-order valence-corrected chi connectivity index (χ4v) is 1.64. The van der Waals surface area contributed by atoms with Crippen LogP contribution in [0.15, 0.2) is 53.1 Å². The molecule has 2 aromatic rings. The summed E-state index contributed by atoms with van der Waals surface area (Å²) in [6, 6.07) is 13.1. The zero-order chi connectivity index (χ0) is 12.8. The van der Waals surface area contributed by atoms with Crippen molar-refractivity contribution in [3.8, 4) is 0 Å². The number of carbonyl (C=O) groups excluding carboxylic acids is 1. The van der Waals surface area contributed by atoms with Gasteiger partial charge in [0.2, 0.25) is 5.91 Å². The van der Waals surface area contributed by atoms with Crippen LogP contribution < -0.4 is 10.6 Å². The Morgan fingerprint density at radius 2 is 2.00 bits per heavy atom. The molecule has 94 valence electrons. The summed E-state index contributed by atoms with van der Waals surface area (Å²) in [5.41, 5.74) is 0.929. The molecule has 0 aliphatic rings. The first-order chi connectivity index (χ1) is 8.75. The first kappa shape index (κ1) is 12.2. The van der Waals surface area contributed by atoms with Crippen molar-refractivity contribution in [1.82, 2.24) is 5.32 Å². The van der Waals surface area contributed by atoms with Crippen LogP contribution >= 0.6 is 0 Å². The molecule has 0 radical (unpaired) electrons. The van der Waals surface area contributed by atoms with Gasteiger partial charge in [0.1, 0.15) is 5.76 Å². The molecule has 1 amide bonds. The van der Waals surface area contributed by atoms with Gasteiger partial charge in [0, 0.05) is 5.69 Å². The number of para-hydroxylation sites is 1. The van der Waals surface area contributed by atoms with Gasteiger partial charge < -0.3 is 15.1 Å². The van der Waals surface area contributed by atoms with Crippen molar-refractivity contribution in [3.05, 3.63) is 54.5 Å². The Balaban J connectivity index is 1.79. The fraction of sp³-hybridized carbons (Fsp3) is 0.214. The number of rotatable bonds is 5. The standard InChI is InChI=1S/C14H16N2O2/c1-11(13-8-5-9-18-13)16-14(17)10-15-12-6-3-2-4-7-12/h2-9,11,15H,10H2,1H3,(H,16,17)/t11-/m1/s1. The van der Waals surface area contributed by atoms with Gasteiger partial charge in [-0.1, -0.05) is 18.2 Å². The molecule has 4 heteroatoms. The van der Waals surface area contributed by atoms with E-state index in [0.29, 0.717) is 0 Å². The Labute approximate surface area is 106 Å². The molecule has 1 atom stereocenters. The molecule has 1 aromatic carbocycles. The number of amides is 1. The summed E-state index contributed by atoms with van der Waals surface area (Å²) in [5, 5.41) is 5.91. The van der Waals surface area contributed by atoms with Crippen molar-refractivity contribution >= 4 is 11.6 Å². The van der Waals surface area contributed by atoms with Gasteiger partial charge in [0.15, 0.2) is 0 Å². The summed E-state index contributed by atoms with van der Waals surface area (Å²) >= 11 is 0. The first-order valence-corrected chi connectivity index (χ1v) is 5.87. The van der Waals surface area contributed by atoms with E-state index in [1.165, 1.54) is 0 Å². The summed E-state index contributed by atoms with van der Waals surface area (Å²) < 4.78 is 5.22. The number of furan rings is 1. The Bertz CT molecular complexity index is 480. The van der Waals surface area contributed by atoms with Gasteiger partial charge in [-0.25, -0.2) is 0 Å². The molecule has 18 heavy (non-hydrogen) atoms. The largest absolute Gasteiger partial charge is 0.467 e. The summed E-state index contributed by atoms with van der Waals surface area (Å²) in [5.74, 6) is 0.686. The van der Waals surface area contributed by atoms with Gasteiger partial charge in [0.05, 0.1) is 18.8 Å². The minimum Gasteiger partial charge on any atom is -0.467 e. The first-order valence-electron chi connectivity index (χ1n) is 5.87. The third kappa shape index (κ3) is 3.38. The Morgan fingerprint density at radius 1 is 1.22 bits per heavy atom. The van der Waals surface area contributed by atoms with Gasteiger partial charge in [-0.2, -0.15) is 0 Å². The molecule has 2 rings (SSSR count). The quantitative estimate of drug-likeness (QED) is 0.850. The van der Waals surface area contributed by atoms with E-state index in [1.54, 1.807) is 12.3 Å². The Hall–Kier alpha value is -2.23. The molecule has 0 aliphatic heterocycles. The number of nitrogens with one attached hydrogen (secondary N) is 2. The summed E-state index contributed by atoms with van der Waals surface area (Å²) in [6.45, 7) is 2.13. The minimum atomic E-state index is -0.120. The van der Waals surface area contributed by atoms with E-state index in [1.807, 2.05) is 43.3 Å². The van der Waals surface area contributed by atoms with Crippen LogP contribution in [0.4, 0.5) is 5.69 Å². The van der Waals surface area contributed by atoms with Gasteiger partial charge in [-0.15, -0.1) is 0 Å². The Morgan fingerprint density at radius 3 is 2.67 bits per heavy atom. The van der Waals surface area contributed by atoms with Crippen LogP contribution in [0.5, 0.6) is 0 Å². The van der Waals surface area contributed by atoms with Gasteiger partial charge in [0.25, 0.3) is 0 Å². The molecular formula is C14H16N2O2. The molecule has 0 bridgehead atoms. The van der Waals surface area contributed by atoms with E-state index in [-0.39, 0.29) is 18.5 Å². The maximum absolute atomic E-state index is 11.7. The van der Waals surface area contributed by atoms with Gasteiger partial charge in [-0.3, -0.25) is 4.79 Å². The van der Waals surface area contributed by atoms with Crippen molar-refractivity contribution in [2.24, 2.45) is 0 Å². The summed E-state index contributed by atoms with van der Waals surface area (Å²) in [6.07, 6.45) is 1.60. The highest BCUT2D eigenvalue weighted by atomic mass is 16.3. The van der Waals surface area contributed by atoms with Crippen molar-refractivity contribution in [2.45, 2.75) is 13.0 Å². The molecule has 1 aromatic heterocycles. The molecule has 0 aliphatic carbocycles. The van der Waals surface area contributed by atoms with Crippen LogP contribution in [-0.2, 0) is 4.79 Å². The SMILES string of the molecule is C[C@@H](NC(=O)CNc1ccccc1)c1ccco1. The zero-order valence-electron chi connectivity index (χ0n) is 10.2. The molecule has 0 fully saturated rings. The maximum atomic E-state index is 11.7. The predicted molar refractivity (Wildman–Crippen MR) is 70.2 cm³/mol. The average Bonchev–Trinajstić information content (AvgIpc) is 2.91. The van der Waals surface area contributed by atoms with Crippen LogP contribution in [0.25, 0.3) is 0 Å². The lowest BCUT2D eigenvalue weighted by atomic mass is 10.2. The third-order valence-corrected chi connectivity index (χ3v) is 2.57. The number of benzene rings is 1. The highest BCUT2D eigenvalue weighted by Crippen LogP contribution is 2.11. The number of hydrogen-bond acceptors (Lipinski definition) is 3. The van der Waals surface area contributed by atoms with E-state index < -0.39 is 0 Å². The predicted octanol–water partition coefficient (Wildman–Crippen LogP) is 2.57. The van der Waals surface area contributed by atoms with E-state index >= 15 is 0 Å². The maximum Gasteiger partial charge on any atom is 0.239 e. The lowest BCUT2D eigenvalue weighted by Gasteiger charge is -2.12. The molecule has 4 nitrogen and oxygen atoms in total. The van der Waals surface area contributed by atoms with Crippen LogP contribution in [0.1, 0.15) is 18.7 Å². The van der Waals surface area contributed by atoms with Gasteiger partial charge in [-0.05, 0) is 31.2 Å². The van der Waals surface area contributed by atoms with E-state index in [0.717, 1.165) is 11.4 Å². The van der Waals surface area contributed by atoms with Crippen molar-refractivity contribution in [2.75, 3.05) is 11.9 Å². The monoisotopic (exact) mass is 244 g/mol. The lowest BCUT2D eigenvalue weighted by Crippen LogP contribution is -2.31. The van der Waals surface area contributed by atoms with Crippen LogP contribution in [0, 0.1) is 0 Å². The second kappa shape index (κ2) is 5.91.